The fourth-order valence-corrected chi connectivity index (χ4v) is 2.48. The van der Waals surface area contributed by atoms with Crippen LogP contribution in [0.3, 0.4) is 0 Å². The third-order valence-corrected chi connectivity index (χ3v) is 3.72. The third kappa shape index (κ3) is 4.98. The van der Waals surface area contributed by atoms with Crippen LogP contribution in [0, 0.1) is 5.92 Å². The number of ether oxygens (including phenoxy) is 1. The molecule has 0 saturated carbocycles. The van der Waals surface area contributed by atoms with Crippen molar-refractivity contribution in [3.63, 3.8) is 0 Å². The summed E-state index contributed by atoms with van der Waals surface area (Å²) in [7, 11) is 1.61. The van der Waals surface area contributed by atoms with Crippen LogP contribution in [0.4, 0.5) is 11.8 Å². The van der Waals surface area contributed by atoms with Crippen molar-refractivity contribution < 1.29 is 4.74 Å². The van der Waals surface area contributed by atoms with Gasteiger partial charge in [-0.1, -0.05) is 13.8 Å². The van der Waals surface area contributed by atoms with Crippen LogP contribution >= 0.6 is 12.2 Å². The van der Waals surface area contributed by atoms with Crippen LogP contribution in [-0.2, 0) is 0 Å². The highest BCUT2D eigenvalue weighted by molar-refractivity contribution is 7.80. The lowest BCUT2D eigenvalue weighted by molar-refractivity contribution is 0.397. The molecule has 2 heterocycles. The zero-order valence-corrected chi connectivity index (χ0v) is 14.4. The molecular weight excluding hydrogens is 298 g/mol. The molecule has 0 aliphatic carbocycles. The highest BCUT2D eigenvalue weighted by Gasteiger charge is 2.15. The summed E-state index contributed by atoms with van der Waals surface area (Å²) < 4.78 is 5.28. The summed E-state index contributed by atoms with van der Waals surface area (Å²) in [6.07, 6.45) is 3.68. The van der Waals surface area contributed by atoms with Crippen molar-refractivity contribution in [2.75, 3.05) is 37.0 Å². The standard InChI is InChI=1S/C15H25N5OS/c1-11(2)10-16-15(22)19-14-17-12(9-13(18-14)21-3)20-7-5-4-6-8-20/h9,11H,4-8,10H2,1-3H3,(H2,16,17,18,19,22). The molecule has 0 amide bonds. The van der Waals surface area contributed by atoms with Crippen LogP contribution in [0.2, 0.25) is 0 Å². The Morgan fingerprint density at radius 1 is 1.32 bits per heavy atom. The van der Waals surface area contributed by atoms with Crippen molar-refractivity contribution in [1.82, 2.24) is 15.3 Å². The molecule has 1 aromatic rings. The third-order valence-electron chi connectivity index (χ3n) is 3.47. The molecule has 1 aromatic heterocycles. The lowest BCUT2D eigenvalue weighted by Crippen LogP contribution is -2.33. The quantitative estimate of drug-likeness (QED) is 0.807. The lowest BCUT2D eigenvalue weighted by Gasteiger charge is -2.28. The normalized spacial score (nSPS) is 14.8. The summed E-state index contributed by atoms with van der Waals surface area (Å²) in [5.74, 6) is 2.43. The smallest absolute Gasteiger partial charge is 0.234 e. The lowest BCUT2D eigenvalue weighted by atomic mass is 10.1. The average molecular weight is 323 g/mol. The molecule has 1 fully saturated rings. The van der Waals surface area contributed by atoms with Crippen LogP contribution in [0.5, 0.6) is 5.88 Å². The van der Waals surface area contributed by atoms with Gasteiger partial charge in [0.05, 0.1) is 7.11 Å². The summed E-state index contributed by atoms with van der Waals surface area (Å²) in [5.41, 5.74) is 0. The van der Waals surface area contributed by atoms with E-state index in [0.29, 0.717) is 22.9 Å². The largest absolute Gasteiger partial charge is 0.481 e. The topological polar surface area (TPSA) is 62.3 Å². The van der Waals surface area contributed by atoms with Crippen molar-refractivity contribution in [2.24, 2.45) is 5.92 Å². The first-order chi connectivity index (χ1) is 10.6. The van der Waals surface area contributed by atoms with Gasteiger partial charge in [-0.3, -0.25) is 0 Å². The molecule has 0 radical (unpaired) electrons. The van der Waals surface area contributed by atoms with Gasteiger partial charge in [0.1, 0.15) is 5.82 Å². The molecule has 0 atom stereocenters. The Morgan fingerprint density at radius 2 is 2.05 bits per heavy atom. The van der Waals surface area contributed by atoms with Gasteiger partial charge in [0.25, 0.3) is 0 Å². The van der Waals surface area contributed by atoms with E-state index >= 15 is 0 Å². The molecule has 1 aliphatic heterocycles. The van der Waals surface area contributed by atoms with Gasteiger partial charge in [-0.25, -0.2) is 0 Å². The minimum absolute atomic E-state index is 0.473. The van der Waals surface area contributed by atoms with Crippen LogP contribution in [0.25, 0.3) is 0 Å². The zero-order valence-electron chi connectivity index (χ0n) is 13.6. The molecule has 0 unspecified atom stereocenters. The molecular formula is C15H25N5OS. The van der Waals surface area contributed by atoms with Crippen molar-refractivity contribution in [2.45, 2.75) is 33.1 Å². The molecule has 6 nitrogen and oxygen atoms in total. The second kappa shape index (κ2) is 8.12. The van der Waals surface area contributed by atoms with E-state index in [4.69, 9.17) is 17.0 Å². The Balaban J connectivity index is 2.08. The Morgan fingerprint density at radius 3 is 2.68 bits per heavy atom. The van der Waals surface area contributed by atoms with Crippen LogP contribution in [0.15, 0.2) is 6.07 Å². The molecule has 0 spiro atoms. The maximum atomic E-state index is 5.28. The number of anilines is 2. The van der Waals surface area contributed by atoms with Crippen LogP contribution in [0.1, 0.15) is 33.1 Å². The van der Waals surface area contributed by atoms with Crippen molar-refractivity contribution in [1.29, 1.82) is 0 Å². The van der Waals surface area contributed by atoms with Gasteiger partial charge in [-0.05, 0) is 37.4 Å². The van der Waals surface area contributed by atoms with Gasteiger partial charge in [-0.15, -0.1) is 0 Å². The number of piperidine rings is 1. The number of nitrogens with one attached hydrogen (secondary N) is 2. The Hall–Kier alpha value is -1.63. The van der Waals surface area contributed by atoms with E-state index in [-0.39, 0.29) is 0 Å². The summed E-state index contributed by atoms with van der Waals surface area (Å²) in [6.45, 7) is 7.12. The van der Waals surface area contributed by atoms with Gasteiger partial charge in [-0.2, -0.15) is 9.97 Å². The van der Waals surface area contributed by atoms with E-state index in [1.54, 1.807) is 7.11 Å². The maximum Gasteiger partial charge on any atom is 0.234 e. The monoisotopic (exact) mass is 323 g/mol. The van der Waals surface area contributed by atoms with Crippen LogP contribution in [-0.4, -0.2) is 41.8 Å². The number of rotatable bonds is 5. The van der Waals surface area contributed by atoms with E-state index in [0.717, 1.165) is 25.5 Å². The zero-order chi connectivity index (χ0) is 15.9. The molecule has 2 rings (SSSR count). The van der Waals surface area contributed by atoms with Gasteiger partial charge >= 0.3 is 0 Å². The summed E-state index contributed by atoms with van der Waals surface area (Å²) in [6, 6.07) is 1.88. The number of thiocarbonyl (C=S) groups is 1. The van der Waals surface area contributed by atoms with Gasteiger partial charge in [0.15, 0.2) is 5.11 Å². The van der Waals surface area contributed by atoms with Crippen molar-refractivity contribution >= 4 is 29.1 Å². The first-order valence-corrected chi connectivity index (χ1v) is 8.22. The van der Waals surface area contributed by atoms with Gasteiger partial charge in [0, 0.05) is 25.7 Å². The van der Waals surface area contributed by atoms with Crippen molar-refractivity contribution in [3.05, 3.63) is 6.07 Å². The fraction of sp³-hybridized carbons (Fsp3) is 0.667. The SMILES string of the molecule is COc1cc(N2CCCCC2)nc(NC(=S)NCC(C)C)n1. The number of aromatic nitrogens is 2. The second-order valence-corrected chi connectivity index (χ2v) is 6.28. The number of hydrogen-bond acceptors (Lipinski definition) is 5. The molecule has 1 saturated heterocycles. The van der Waals surface area contributed by atoms with Crippen LogP contribution < -0.4 is 20.3 Å². The van der Waals surface area contributed by atoms with E-state index in [1.165, 1.54) is 19.3 Å². The van der Waals surface area contributed by atoms with E-state index in [9.17, 15) is 0 Å². The number of methoxy groups -OCH3 is 1. The van der Waals surface area contributed by atoms with Gasteiger partial charge < -0.3 is 20.3 Å². The first-order valence-electron chi connectivity index (χ1n) is 7.81. The summed E-state index contributed by atoms with van der Waals surface area (Å²) >= 11 is 5.28. The average Bonchev–Trinajstić information content (AvgIpc) is 2.53. The Kier molecular flexibility index (Phi) is 6.18. The highest BCUT2D eigenvalue weighted by atomic mass is 32.1. The van der Waals surface area contributed by atoms with E-state index in [1.807, 2.05) is 6.07 Å². The highest BCUT2D eigenvalue weighted by Crippen LogP contribution is 2.22. The minimum atomic E-state index is 0.473. The molecule has 2 N–H and O–H groups in total. The minimum Gasteiger partial charge on any atom is -0.481 e. The predicted octanol–water partition coefficient (Wildman–Crippen LogP) is 2.42. The molecule has 22 heavy (non-hydrogen) atoms. The molecule has 0 aromatic carbocycles. The first kappa shape index (κ1) is 16.7. The molecule has 1 aliphatic rings. The number of nitrogens with zero attached hydrogens (tertiary/aromatic N) is 3. The molecule has 7 heteroatoms. The van der Waals surface area contributed by atoms with Gasteiger partial charge in [0.2, 0.25) is 11.8 Å². The maximum absolute atomic E-state index is 5.28. The summed E-state index contributed by atoms with van der Waals surface area (Å²) in [4.78, 5) is 11.2. The predicted molar refractivity (Wildman–Crippen MR) is 93.7 cm³/mol. The fourth-order valence-electron chi connectivity index (χ4n) is 2.30. The second-order valence-electron chi connectivity index (χ2n) is 5.87. The Bertz CT molecular complexity index is 503. The van der Waals surface area contributed by atoms with E-state index in [2.05, 4.69) is 39.3 Å². The van der Waals surface area contributed by atoms with Crippen molar-refractivity contribution in [3.8, 4) is 5.88 Å². The Labute approximate surface area is 137 Å². The molecule has 0 bridgehead atoms. The molecule has 122 valence electrons. The van der Waals surface area contributed by atoms with E-state index < -0.39 is 0 Å². The summed E-state index contributed by atoms with van der Waals surface area (Å²) in [5, 5.41) is 6.73. The number of hydrogen-bond donors (Lipinski definition) is 2.